The van der Waals surface area contributed by atoms with Crippen LogP contribution in [0.3, 0.4) is 0 Å². The number of rotatable bonds is 5. The summed E-state index contributed by atoms with van der Waals surface area (Å²) in [6.07, 6.45) is 0. The third-order valence-corrected chi connectivity index (χ3v) is 5.59. The Kier molecular flexibility index (Phi) is 6.33. The highest BCUT2D eigenvalue weighted by molar-refractivity contribution is 7.28. The molecule has 2 heteroatoms. The van der Waals surface area contributed by atoms with Crippen molar-refractivity contribution in [1.82, 2.24) is 0 Å². The molecule has 0 spiro atoms. The first kappa shape index (κ1) is 20.0. The standard InChI is InChI=1S/C23H33OP/c1-13(2)17-11-18(14(3)4)22(19(12-17)15(5)6)21-16(7)9-10-20(24-8)23(21)25/h9-15H,25H2,1-8H3. The van der Waals surface area contributed by atoms with Crippen molar-refractivity contribution in [2.24, 2.45) is 0 Å². The van der Waals surface area contributed by atoms with Gasteiger partial charge in [0.1, 0.15) is 5.75 Å². The van der Waals surface area contributed by atoms with Gasteiger partial charge in [-0.25, -0.2) is 0 Å². The number of aryl methyl sites for hydroxylation is 1. The van der Waals surface area contributed by atoms with Crippen LogP contribution in [0.15, 0.2) is 24.3 Å². The monoisotopic (exact) mass is 356 g/mol. The molecule has 1 unspecified atom stereocenters. The minimum atomic E-state index is 0.473. The summed E-state index contributed by atoms with van der Waals surface area (Å²) in [7, 11) is 4.66. The van der Waals surface area contributed by atoms with Gasteiger partial charge in [0.05, 0.1) is 7.11 Å². The number of hydrogen-bond acceptors (Lipinski definition) is 1. The van der Waals surface area contributed by atoms with Crippen molar-refractivity contribution in [3.63, 3.8) is 0 Å². The Morgan fingerprint density at radius 1 is 0.800 bits per heavy atom. The fourth-order valence-corrected chi connectivity index (χ4v) is 4.05. The summed E-state index contributed by atoms with van der Waals surface area (Å²) in [5.41, 5.74) is 8.32. The number of benzene rings is 2. The lowest BCUT2D eigenvalue weighted by Gasteiger charge is -2.25. The molecule has 0 fully saturated rings. The maximum atomic E-state index is 5.60. The first-order valence-corrected chi connectivity index (χ1v) is 9.87. The predicted octanol–water partition coefficient (Wildman–Crippen LogP) is 6.54. The molecule has 2 aromatic carbocycles. The summed E-state index contributed by atoms with van der Waals surface area (Å²) in [6.45, 7) is 15.9. The molecule has 25 heavy (non-hydrogen) atoms. The lowest BCUT2D eigenvalue weighted by atomic mass is 9.80. The fourth-order valence-electron chi connectivity index (χ4n) is 3.46. The van der Waals surface area contributed by atoms with Crippen LogP contribution in [0.4, 0.5) is 0 Å². The molecule has 0 amide bonds. The van der Waals surface area contributed by atoms with Gasteiger partial charge >= 0.3 is 0 Å². The van der Waals surface area contributed by atoms with E-state index in [0.717, 1.165) is 11.1 Å². The Labute approximate surface area is 156 Å². The Hall–Kier alpha value is -1.33. The van der Waals surface area contributed by atoms with Gasteiger partial charge in [-0.15, -0.1) is 9.24 Å². The van der Waals surface area contributed by atoms with Gasteiger partial charge in [-0.05, 0) is 64.1 Å². The molecular weight excluding hydrogens is 323 g/mol. The molecule has 0 aliphatic carbocycles. The molecule has 0 aliphatic heterocycles. The Bertz CT molecular complexity index is 728. The first-order chi connectivity index (χ1) is 11.7. The maximum absolute atomic E-state index is 5.60. The second-order valence-corrected chi connectivity index (χ2v) is 8.49. The third-order valence-electron chi connectivity index (χ3n) is 5.02. The van der Waals surface area contributed by atoms with E-state index in [2.05, 4.69) is 82.0 Å². The second-order valence-electron chi connectivity index (χ2n) is 7.91. The van der Waals surface area contributed by atoms with Crippen LogP contribution in [0.2, 0.25) is 0 Å². The van der Waals surface area contributed by atoms with Crippen molar-refractivity contribution in [1.29, 1.82) is 0 Å². The van der Waals surface area contributed by atoms with Crippen molar-refractivity contribution >= 4 is 14.5 Å². The van der Waals surface area contributed by atoms with E-state index in [1.54, 1.807) is 7.11 Å². The largest absolute Gasteiger partial charge is 0.496 e. The highest BCUT2D eigenvalue weighted by atomic mass is 31.0. The molecule has 0 N–H and O–H groups in total. The predicted molar refractivity (Wildman–Crippen MR) is 115 cm³/mol. The van der Waals surface area contributed by atoms with E-state index < -0.39 is 0 Å². The average molecular weight is 356 g/mol. The van der Waals surface area contributed by atoms with Gasteiger partial charge < -0.3 is 4.74 Å². The Balaban J connectivity index is 2.94. The summed E-state index contributed by atoms with van der Waals surface area (Å²) in [5, 5.41) is 1.16. The van der Waals surface area contributed by atoms with Crippen molar-refractivity contribution in [2.45, 2.75) is 66.2 Å². The van der Waals surface area contributed by atoms with E-state index >= 15 is 0 Å². The van der Waals surface area contributed by atoms with Crippen molar-refractivity contribution < 1.29 is 4.74 Å². The van der Waals surface area contributed by atoms with Crippen LogP contribution in [-0.2, 0) is 0 Å². The number of methoxy groups -OCH3 is 1. The van der Waals surface area contributed by atoms with Gasteiger partial charge in [-0.3, -0.25) is 0 Å². The van der Waals surface area contributed by atoms with Gasteiger partial charge in [0.2, 0.25) is 0 Å². The van der Waals surface area contributed by atoms with E-state index in [-0.39, 0.29) is 0 Å². The molecule has 0 radical (unpaired) electrons. The highest BCUT2D eigenvalue weighted by Crippen LogP contribution is 2.40. The van der Waals surface area contributed by atoms with Crippen LogP contribution in [0.1, 0.15) is 81.5 Å². The van der Waals surface area contributed by atoms with Gasteiger partial charge in [-0.1, -0.05) is 59.7 Å². The third kappa shape index (κ3) is 3.93. The average Bonchev–Trinajstić information content (AvgIpc) is 2.54. The molecule has 1 atom stereocenters. The summed E-state index contributed by atoms with van der Waals surface area (Å²) < 4.78 is 5.60. The van der Waals surface area contributed by atoms with Crippen molar-refractivity contribution in [3.8, 4) is 16.9 Å². The molecule has 0 aliphatic rings. The maximum Gasteiger partial charge on any atom is 0.126 e. The zero-order chi connectivity index (χ0) is 18.9. The van der Waals surface area contributed by atoms with E-state index in [1.807, 2.05) is 0 Å². The lowest BCUT2D eigenvalue weighted by molar-refractivity contribution is 0.418. The van der Waals surface area contributed by atoms with Gasteiger partial charge in [0, 0.05) is 5.30 Å². The molecule has 136 valence electrons. The summed E-state index contributed by atoms with van der Waals surface area (Å²) >= 11 is 0. The van der Waals surface area contributed by atoms with E-state index in [9.17, 15) is 0 Å². The van der Waals surface area contributed by atoms with Crippen LogP contribution >= 0.6 is 9.24 Å². The molecule has 2 rings (SSSR count). The van der Waals surface area contributed by atoms with Crippen LogP contribution in [0.5, 0.6) is 5.75 Å². The number of ether oxygens (including phenoxy) is 1. The molecule has 0 bridgehead atoms. The van der Waals surface area contributed by atoms with E-state index in [4.69, 9.17) is 4.74 Å². The van der Waals surface area contributed by atoms with Crippen LogP contribution in [-0.4, -0.2) is 7.11 Å². The van der Waals surface area contributed by atoms with E-state index in [0.29, 0.717) is 17.8 Å². The fraction of sp³-hybridized carbons (Fsp3) is 0.478. The normalized spacial score (nSPS) is 11.7. The van der Waals surface area contributed by atoms with Crippen LogP contribution < -0.4 is 10.0 Å². The van der Waals surface area contributed by atoms with Crippen LogP contribution in [0.25, 0.3) is 11.1 Å². The zero-order valence-corrected chi connectivity index (χ0v) is 18.2. The van der Waals surface area contributed by atoms with Crippen LogP contribution in [0, 0.1) is 6.92 Å². The molecule has 0 saturated carbocycles. The molecule has 0 heterocycles. The Morgan fingerprint density at radius 3 is 1.72 bits per heavy atom. The smallest absolute Gasteiger partial charge is 0.126 e. The summed E-state index contributed by atoms with van der Waals surface area (Å²) in [4.78, 5) is 0. The van der Waals surface area contributed by atoms with Crippen molar-refractivity contribution in [3.05, 3.63) is 46.5 Å². The minimum Gasteiger partial charge on any atom is -0.496 e. The van der Waals surface area contributed by atoms with Crippen molar-refractivity contribution in [2.75, 3.05) is 7.11 Å². The topological polar surface area (TPSA) is 9.23 Å². The minimum absolute atomic E-state index is 0.473. The molecular formula is C23H33OP. The van der Waals surface area contributed by atoms with Gasteiger partial charge in [0.25, 0.3) is 0 Å². The molecule has 2 aromatic rings. The quantitative estimate of drug-likeness (QED) is 0.553. The number of hydrogen-bond donors (Lipinski definition) is 0. The summed E-state index contributed by atoms with van der Waals surface area (Å²) in [6, 6.07) is 9.07. The first-order valence-electron chi connectivity index (χ1n) is 9.30. The second kappa shape index (κ2) is 7.92. The SMILES string of the molecule is COc1ccc(C)c(-c2c(C(C)C)cc(C(C)C)cc2C(C)C)c1P. The Morgan fingerprint density at radius 2 is 1.32 bits per heavy atom. The van der Waals surface area contributed by atoms with Gasteiger partial charge in [-0.2, -0.15) is 0 Å². The molecule has 0 saturated heterocycles. The lowest BCUT2D eigenvalue weighted by Crippen LogP contribution is -2.10. The highest BCUT2D eigenvalue weighted by Gasteiger charge is 2.22. The van der Waals surface area contributed by atoms with Gasteiger partial charge in [0.15, 0.2) is 0 Å². The zero-order valence-electron chi connectivity index (χ0n) is 17.0. The van der Waals surface area contributed by atoms with E-state index in [1.165, 1.54) is 33.4 Å². The molecule has 1 nitrogen and oxygen atoms in total. The molecule has 0 aromatic heterocycles. The summed E-state index contributed by atoms with van der Waals surface area (Å²) in [5.74, 6) is 2.41.